The maximum atomic E-state index is 13.1. The first-order valence-corrected chi connectivity index (χ1v) is 8.67. The van der Waals surface area contributed by atoms with Crippen LogP contribution in [0, 0.1) is 5.82 Å². The minimum absolute atomic E-state index is 0.355. The van der Waals surface area contributed by atoms with Crippen LogP contribution in [0.4, 0.5) is 10.1 Å². The predicted octanol–water partition coefficient (Wildman–Crippen LogP) is 4.84. The molecule has 0 aliphatic heterocycles. The molecule has 1 amide bonds. The molecule has 138 valence electrons. The lowest BCUT2D eigenvalue weighted by Crippen LogP contribution is -2.10. The van der Waals surface area contributed by atoms with Gasteiger partial charge in [-0.25, -0.2) is 4.39 Å². The molecule has 1 aliphatic carbocycles. The van der Waals surface area contributed by atoms with Crippen molar-refractivity contribution in [3.8, 4) is 11.5 Å². The van der Waals surface area contributed by atoms with Crippen molar-refractivity contribution < 1.29 is 19.0 Å². The van der Waals surface area contributed by atoms with E-state index in [1.165, 1.54) is 24.3 Å². The fraction of sp³-hybridized carbons (Fsp3) is 0.136. The molecule has 4 nitrogen and oxygen atoms in total. The van der Waals surface area contributed by atoms with E-state index in [-0.39, 0.29) is 5.91 Å². The summed E-state index contributed by atoms with van der Waals surface area (Å²) in [7, 11) is 0. The standard InChI is InChI=1S/C22H20FNO3/c23-18-12-10-16(14-20(18)25)11-13-22(26)24-19-8-4-5-9-21(19)27-15-17-6-2-1-3-7-17/h2,4-14,25H,1,3,15H2,(H,24,26)/b13-11+. The molecule has 3 rings (SSSR count). The Morgan fingerprint density at radius 3 is 2.85 bits per heavy atom. The molecule has 1 aliphatic rings. The van der Waals surface area contributed by atoms with Gasteiger partial charge in [-0.3, -0.25) is 4.79 Å². The van der Waals surface area contributed by atoms with E-state index in [2.05, 4.69) is 17.5 Å². The largest absolute Gasteiger partial charge is 0.505 e. The van der Waals surface area contributed by atoms with Gasteiger partial charge >= 0.3 is 0 Å². The molecule has 5 heteroatoms. The Labute approximate surface area is 157 Å². The molecule has 0 atom stereocenters. The number of para-hydroxylation sites is 2. The van der Waals surface area contributed by atoms with Crippen LogP contribution in [-0.2, 0) is 4.79 Å². The molecule has 0 heterocycles. The Morgan fingerprint density at radius 1 is 1.22 bits per heavy atom. The van der Waals surface area contributed by atoms with Gasteiger partial charge in [0.1, 0.15) is 12.4 Å². The van der Waals surface area contributed by atoms with Crippen LogP contribution in [0.3, 0.4) is 0 Å². The first-order valence-electron chi connectivity index (χ1n) is 8.67. The van der Waals surface area contributed by atoms with Crippen LogP contribution in [0.2, 0.25) is 0 Å². The molecule has 0 spiro atoms. The molecule has 2 N–H and O–H groups in total. The lowest BCUT2D eigenvalue weighted by atomic mass is 10.1. The second kappa shape index (κ2) is 8.85. The molecule has 0 fully saturated rings. The zero-order chi connectivity index (χ0) is 19.1. The van der Waals surface area contributed by atoms with Crippen LogP contribution in [0.25, 0.3) is 6.08 Å². The summed E-state index contributed by atoms with van der Waals surface area (Å²) in [5.41, 5.74) is 2.19. The summed E-state index contributed by atoms with van der Waals surface area (Å²) < 4.78 is 18.9. The van der Waals surface area contributed by atoms with Crippen molar-refractivity contribution in [3.63, 3.8) is 0 Å². The average molecular weight is 365 g/mol. The van der Waals surface area contributed by atoms with Gasteiger partial charge < -0.3 is 15.2 Å². The van der Waals surface area contributed by atoms with Crippen molar-refractivity contribution >= 4 is 17.7 Å². The van der Waals surface area contributed by atoms with Gasteiger partial charge in [0, 0.05) is 6.08 Å². The summed E-state index contributed by atoms with van der Waals surface area (Å²) in [6.45, 7) is 0.439. The number of phenols is 1. The fourth-order valence-corrected chi connectivity index (χ4v) is 2.61. The number of hydrogen-bond donors (Lipinski definition) is 2. The van der Waals surface area contributed by atoms with Crippen LogP contribution in [0.15, 0.2) is 72.3 Å². The third-order valence-electron chi connectivity index (χ3n) is 4.01. The van der Waals surface area contributed by atoms with E-state index in [0.717, 1.165) is 24.5 Å². The zero-order valence-electron chi connectivity index (χ0n) is 14.7. The van der Waals surface area contributed by atoms with Crippen molar-refractivity contribution in [2.45, 2.75) is 12.8 Å². The summed E-state index contributed by atoms with van der Waals surface area (Å²) in [4.78, 5) is 12.2. The van der Waals surface area contributed by atoms with Crippen molar-refractivity contribution in [1.82, 2.24) is 0 Å². The lowest BCUT2D eigenvalue weighted by Gasteiger charge is -2.13. The van der Waals surface area contributed by atoms with Gasteiger partial charge in [0.15, 0.2) is 11.6 Å². The summed E-state index contributed by atoms with van der Waals surface area (Å²) in [5, 5.41) is 12.1. The Kier molecular flexibility index (Phi) is 6.05. The highest BCUT2D eigenvalue weighted by Gasteiger charge is 2.07. The highest BCUT2D eigenvalue weighted by Crippen LogP contribution is 2.25. The number of amides is 1. The Morgan fingerprint density at radius 2 is 2.07 bits per heavy atom. The van der Waals surface area contributed by atoms with Gasteiger partial charge in [0.05, 0.1) is 5.69 Å². The fourth-order valence-electron chi connectivity index (χ4n) is 2.61. The number of ether oxygens (including phenoxy) is 1. The number of halogens is 1. The van der Waals surface area contributed by atoms with E-state index in [0.29, 0.717) is 23.6 Å². The number of aromatic hydroxyl groups is 1. The van der Waals surface area contributed by atoms with Crippen molar-refractivity contribution in [1.29, 1.82) is 0 Å². The van der Waals surface area contributed by atoms with E-state index in [4.69, 9.17) is 4.74 Å². The summed E-state index contributed by atoms with van der Waals surface area (Å²) in [6, 6.07) is 11.1. The molecular weight excluding hydrogens is 345 g/mol. The van der Waals surface area contributed by atoms with Gasteiger partial charge in [-0.15, -0.1) is 0 Å². The predicted molar refractivity (Wildman–Crippen MR) is 104 cm³/mol. The van der Waals surface area contributed by atoms with E-state index in [1.54, 1.807) is 12.1 Å². The smallest absolute Gasteiger partial charge is 0.248 e. The highest BCUT2D eigenvalue weighted by molar-refractivity contribution is 6.02. The molecule has 27 heavy (non-hydrogen) atoms. The Hall–Kier alpha value is -3.34. The first kappa shape index (κ1) is 18.5. The van der Waals surface area contributed by atoms with Crippen LogP contribution >= 0.6 is 0 Å². The number of nitrogens with one attached hydrogen (secondary N) is 1. The molecule has 0 saturated heterocycles. The minimum atomic E-state index is -0.703. The highest BCUT2D eigenvalue weighted by atomic mass is 19.1. The van der Waals surface area contributed by atoms with Crippen molar-refractivity contribution in [2.24, 2.45) is 0 Å². The Bertz CT molecular complexity index is 916. The van der Waals surface area contributed by atoms with E-state index >= 15 is 0 Å². The molecule has 0 saturated carbocycles. The second-order valence-corrected chi connectivity index (χ2v) is 6.08. The summed E-state index contributed by atoms with van der Waals surface area (Å²) in [5.74, 6) is -0.932. The van der Waals surface area contributed by atoms with E-state index < -0.39 is 11.6 Å². The number of hydrogen-bond acceptors (Lipinski definition) is 3. The number of anilines is 1. The maximum absolute atomic E-state index is 13.1. The molecule has 0 aromatic heterocycles. The molecular formula is C22H20FNO3. The van der Waals surface area contributed by atoms with Crippen molar-refractivity contribution in [3.05, 3.63) is 83.7 Å². The molecule has 2 aromatic rings. The van der Waals surface area contributed by atoms with E-state index in [9.17, 15) is 14.3 Å². The maximum Gasteiger partial charge on any atom is 0.248 e. The third kappa shape index (κ3) is 5.31. The zero-order valence-corrected chi connectivity index (χ0v) is 14.7. The summed E-state index contributed by atoms with van der Waals surface area (Å²) >= 11 is 0. The number of phenolic OH excluding ortho intramolecular Hbond substituents is 1. The van der Waals surface area contributed by atoms with Gasteiger partial charge in [-0.1, -0.05) is 36.4 Å². The number of carbonyl (C=O) groups is 1. The molecule has 0 unspecified atom stereocenters. The molecule has 0 radical (unpaired) electrons. The normalized spacial score (nSPS) is 13.4. The van der Waals surface area contributed by atoms with Crippen molar-refractivity contribution in [2.75, 3.05) is 11.9 Å². The van der Waals surface area contributed by atoms with Crippen LogP contribution < -0.4 is 10.1 Å². The molecule has 2 aromatic carbocycles. The number of carbonyl (C=O) groups excluding carboxylic acids is 1. The quantitative estimate of drug-likeness (QED) is 0.720. The van der Waals surface area contributed by atoms with Gasteiger partial charge in [-0.05, 0) is 54.3 Å². The van der Waals surface area contributed by atoms with E-state index in [1.807, 2.05) is 18.2 Å². The minimum Gasteiger partial charge on any atom is -0.505 e. The second-order valence-electron chi connectivity index (χ2n) is 6.08. The molecule has 0 bridgehead atoms. The van der Waals surface area contributed by atoms with Crippen LogP contribution in [-0.4, -0.2) is 17.6 Å². The number of benzene rings is 2. The average Bonchev–Trinajstić information content (AvgIpc) is 2.69. The topological polar surface area (TPSA) is 58.6 Å². The van der Waals surface area contributed by atoms with Crippen LogP contribution in [0.5, 0.6) is 11.5 Å². The first-order chi connectivity index (χ1) is 13.1. The number of rotatable bonds is 6. The Balaban J connectivity index is 1.63. The third-order valence-corrected chi connectivity index (χ3v) is 4.01. The summed E-state index contributed by atoms with van der Waals surface area (Å²) in [6.07, 6.45) is 11.2. The SMILES string of the molecule is O=C(/C=C/c1ccc(F)c(O)c1)Nc1ccccc1OCC1=CCCC=C1. The lowest BCUT2D eigenvalue weighted by molar-refractivity contribution is -0.111. The van der Waals surface area contributed by atoms with Gasteiger partial charge in [0.2, 0.25) is 5.91 Å². The number of allylic oxidation sites excluding steroid dienone is 2. The van der Waals surface area contributed by atoms with Gasteiger partial charge in [0.25, 0.3) is 0 Å². The monoisotopic (exact) mass is 365 g/mol. The van der Waals surface area contributed by atoms with Crippen LogP contribution in [0.1, 0.15) is 18.4 Å². The van der Waals surface area contributed by atoms with Gasteiger partial charge in [-0.2, -0.15) is 0 Å².